The van der Waals surface area contributed by atoms with Crippen molar-refractivity contribution in [1.82, 2.24) is 5.16 Å². The Morgan fingerprint density at radius 2 is 2.00 bits per heavy atom. The Morgan fingerprint density at radius 3 is 2.56 bits per heavy atom. The van der Waals surface area contributed by atoms with E-state index in [9.17, 15) is 9.59 Å². The van der Waals surface area contributed by atoms with E-state index in [1.807, 2.05) is 18.2 Å². The van der Waals surface area contributed by atoms with Gasteiger partial charge in [0, 0.05) is 24.7 Å². The molecule has 0 aliphatic carbocycles. The highest BCUT2D eigenvalue weighted by Crippen LogP contribution is 2.32. The van der Waals surface area contributed by atoms with Gasteiger partial charge in [-0.25, -0.2) is 0 Å². The van der Waals surface area contributed by atoms with Crippen molar-refractivity contribution in [3.8, 4) is 0 Å². The minimum atomic E-state index is -0.390. The summed E-state index contributed by atoms with van der Waals surface area (Å²) in [6.07, 6.45) is 1.91. The summed E-state index contributed by atoms with van der Waals surface area (Å²) in [4.78, 5) is 26.9. The maximum atomic E-state index is 12.6. The number of benzene rings is 1. The second kappa shape index (κ2) is 7.09. The number of rotatable bonds is 5. The van der Waals surface area contributed by atoms with Crippen LogP contribution in [0.4, 0.5) is 11.5 Å². The van der Waals surface area contributed by atoms with Crippen LogP contribution in [0.5, 0.6) is 0 Å². The fourth-order valence-corrected chi connectivity index (χ4v) is 3.31. The molecule has 1 fully saturated rings. The van der Waals surface area contributed by atoms with Gasteiger partial charge in [-0.3, -0.25) is 9.59 Å². The summed E-state index contributed by atoms with van der Waals surface area (Å²) < 4.78 is 4.96. The molecule has 132 valence electrons. The minimum absolute atomic E-state index is 0.00733. The molecule has 6 heteroatoms. The van der Waals surface area contributed by atoms with E-state index in [1.165, 1.54) is 0 Å². The van der Waals surface area contributed by atoms with E-state index in [4.69, 9.17) is 4.52 Å². The van der Waals surface area contributed by atoms with Crippen LogP contribution in [0.15, 0.2) is 28.8 Å². The molecule has 0 spiro atoms. The molecular weight excluding hydrogens is 318 g/mol. The highest BCUT2D eigenvalue weighted by Gasteiger charge is 2.36. The van der Waals surface area contributed by atoms with E-state index in [0.717, 1.165) is 29.7 Å². The van der Waals surface area contributed by atoms with Crippen molar-refractivity contribution in [1.29, 1.82) is 0 Å². The fourth-order valence-electron chi connectivity index (χ4n) is 3.31. The van der Waals surface area contributed by atoms with Crippen LogP contribution < -0.4 is 10.2 Å². The van der Waals surface area contributed by atoms with Crippen LogP contribution in [0.2, 0.25) is 0 Å². The van der Waals surface area contributed by atoms with Crippen molar-refractivity contribution in [3.05, 3.63) is 41.2 Å². The van der Waals surface area contributed by atoms with Gasteiger partial charge < -0.3 is 14.7 Å². The molecule has 1 atom stereocenters. The number of nitrogens with zero attached hydrogens (tertiary/aromatic N) is 2. The van der Waals surface area contributed by atoms with E-state index in [1.54, 1.807) is 17.9 Å². The van der Waals surface area contributed by atoms with Gasteiger partial charge in [-0.2, -0.15) is 0 Å². The number of anilines is 2. The normalized spacial score (nSPS) is 17.2. The summed E-state index contributed by atoms with van der Waals surface area (Å²) in [6.45, 7) is 6.31. The van der Waals surface area contributed by atoms with Crippen LogP contribution >= 0.6 is 0 Å². The van der Waals surface area contributed by atoms with Gasteiger partial charge in [0.05, 0.1) is 5.92 Å². The second-order valence-electron chi connectivity index (χ2n) is 6.35. The van der Waals surface area contributed by atoms with Crippen molar-refractivity contribution in [2.75, 3.05) is 16.8 Å². The second-order valence-corrected chi connectivity index (χ2v) is 6.35. The lowest BCUT2D eigenvalue weighted by Crippen LogP contribution is -2.29. The molecule has 2 aromatic rings. The first kappa shape index (κ1) is 17.2. The quantitative estimate of drug-likeness (QED) is 0.907. The SMILES string of the molecule is CCc1cccc(CC)c1N1C[C@@H](C(=O)Nc2cc(C)on2)CC1=O. The van der Waals surface area contributed by atoms with Crippen LogP contribution in [0.3, 0.4) is 0 Å². The Hall–Kier alpha value is -2.63. The Balaban J connectivity index is 1.80. The van der Waals surface area contributed by atoms with Crippen LogP contribution in [0.1, 0.15) is 37.2 Å². The summed E-state index contributed by atoms with van der Waals surface area (Å²) in [7, 11) is 0. The van der Waals surface area contributed by atoms with Gasteiger partial charge in [0.15, 0.2) is 5.82 Å². The number of carbonyl (C=O) groups is 2. The monoisotopic (exact) mass is 341 g/mol. The number of para-hydroxylation sites is 1. The van der Waals surface area contributed by atoms with Gasteiger partial charge in [-0.1, -0.05) is 37.2 Å². The first-order valence-corrected chi connectivity index (χ1v) is 8.68. The molecule has 0 unspecified atom stereocenters. The van der Waals surface area contributed by atoms with E-state index < -0.39 is 0 Å². The number of hydrogen-bond acceptors (Lipinski definition) is 4. The Kier molecular flexibility index (Phi) is 4.88. The van der Waals surface area contributed by atoms with Crippen molar-refractivity contribution < 1.29 is 14.1 Å². The molecule has 3 rings (SSSR count). The lowest BCUT2D eigenvalue weighted by Gasteiger charge is -2.23. The molecule has 0 bridgehead atoms. The molecule has 2 amide bonds. The zero-order chi connectivity index (χ0) is 18.0. The molecule has 1 aliphatic rings. The van der Waals surface area contributed by atoms with Gasteiger partial charge in [0.2, 0.25) is 11.8 Å². The predicted molar refractivity (Wildman–Crippen MR) is 95.5 cm³/mol. The van der Waals surface area contributed by atoms with Crippen LogP contribution in [0.25, 0.3) is 0 Å². The molecule has 25 heavy (non-hydrogen) atoms. The largest absolute Gasteiger partial charge is 0.360 e. The van der Waals surface area contributed by atoms with Crippen molar-refractivity contribution in [2.45, 2.75) is 40.0 Å². The van der Waals surface area contributed by atoms with Crippen LogP contribution in [-0.2, 0) is 22.4 Å². The third kappa shape index (κ3) is 3.43. The molecule has 0 saturated carbocycles. The zero-order valence-electron chi connectivity index (χ0n) is 14.8. The topological polar surface area (TPSA) is 75.4 Å². The van der Waals surface area contributed by atoms with Crippen LogP contribution in [0, 0.1) is 12.8 Å². The number of amides is 2. The average Bonchev–Trinajstić information content (AvgIpc) is 3.19. The van der Waals surface area contributed by atoms with Gasteiger partial charge in [-0.15, -0.1) is 0 Å². The van der Waals surface area contributed by atoms with E-state index in [0.29, 0.717) is 18.1 Å². The highest BCUT2D eigenvalue weighted by molar-refractivity contribution is 6.04. The summed E-state index contributed by atoms with van der Waals surface area (Å²) in [6, 6.07) is 7.79. The van der Waals surface area contributed by atoms with Gasteiger partial charge in [0.1, 0.15) is 5.76 Å². The minimum Gasteiger partial charge on any atom is -0.360 e. The predicted octanol–water partition coefficient (Wildman–Crippen LogP) is 3.10. The number of aromatic nitrogens is 1. The van der Waals surface area contributed by atoms with E-state index in [2.05, 4.69) is 24.3 Å². The van der Waals surface area contributed by atoms with Gasteiger partial charge in [0.25, 0.3) is 0 Å². The van der Waals surface area contributed by atoms with Gasteiger partial charge in [-0.05, 0) is 30.9 Å². The fraction of sp³-hybridized carbons (Fsp3) is 0.421. The first-order chi connectivity index (χ1) is 12.0. The van der Waals surface area contributed by atoms with E-state index >= 15 is 0 Å². The lowest BCUT2D eigenvalue weighted by molar-refractivity contribution is -0.122. The highest BCUT2D eigenvalue weighted by atomic mass is 16.5. The molecule has 0 radical (unpaired) electrons. The summed E-state index contributed by atoms with van der Waals surface area (Å²) in [5, 5.41) is 6.50. The Bertz CT molecular complexity index is 775. The Labute approximate surface area is 147 Å². The standard InChI is InChI=1S/C19H23N3O3/c1-4-13-7-6-8-14(5-2)18(13)22-11-15(10-17(22)23)19(24)20-16-9-12(3)25-21-16/h6-9,15H,4-5,10-11H2,1-3H3,(H,20,21,24)/t15-/m0/s1. The molecule has 1 aromatic carbocycles. The first-order valence-electron chi connectivity index (χ1n) is 8.68. The molecular formula is C19H23N3O3. The average molecular weight is 341 g/mol. The maximum absolute atomic E-state index is 12.6. The summed E-state index contributed by atoms with van der Waals surface area (Å²) in [5.41, 5.74) is 3.26. The molecule has 1 aliphatic heterocycles. The molecule has 1 saturated heterocycles. The molecule has 6 nitrogen and oxygen atoms in total. The molecule has 1 N–H and O–H groups in total. The van der Waals surface area contributed by atoms with E-state index in [-0.39, 0.29) is 24.2 Å². The van der Waals surface area contributed by atoms with Crippen molar-refractivity contribution in [2.24, 2.45) is 5.92 Å². The van der Waals surface area contributed by atoms with Crippen LogP contribution in [-0.4, -0.2) is 23.5 Å². The molecule has 1 aromatic heterocycles. The third-order valence-electron chi connectivity index (χ3n) is 4.61. The Morgan fingerprint density at radius 1 is 1.32 bits per heavy atom. The van der Waals surface area contributed by atoms with Crippen molar-refractivity contribution >= 4 is 23.3 Å². The zero-order valence-corrected chi connectivity index (χ0v) is 14.8. The maximum Gasteiger partial charge on any atom is 0.231 e. The molecule has 2 heterocycles. The summed E-state index contributed by atoms with van der Waals surface area (Å²) >= 11 is 0. The number of nitrogens with one attached hydrogen (secondary N) is 1. The number of carbonyl (C=O) groups excluding carboxylic acids is 2. The van der Waals surface area contributed by atoms with Gasteiger partial charge >= 0.3 is 0 Å². The lowest BCUT2D eigenvalue weighted by atomic mass is 10.0. The number of aryl methyl sites for hydroxylation is 3. The van der Waals surface area contributed by atoms with Crippen molar-refractivity contribution in [3.63, 3.8) is 0 Å². The summed E-state index contributed by atoms with van der Waals surface area (Å²) in [5.74, 6) is 0.419. The number of hydrogen-bond donors (Lipinski definition) is 1. The third-order valence-corrected chi connectivity index (χ3v) is 4.61. The smallest absolute Gasteiger partial charge is 0.231 e.